The molecule has 0 aliphatic heterocycles. The van der Waals surface area contributed by atoms with Crippen molar-refractivity contribution in [1.82, 2.24) is 0 Å². The summed E-state index contributed by atoms with van der Waals surface area (Å²) < 4.78 is 0. The molecule has 0 radical (unpaired) electrons. The molecule has 0 aromatic heterocycles. The topological polar surface area (TPSA) is 0 Å². The van der Waals surface area contributed by atoms with E-state index in [1.807, 2.05) is 0 Å². The highest BCUT2D eigenvalue weighted by molar-refractivity contribution is 6.13. The van der Waals surface area contributed by atoms with E-state index in [0.29, 0.717) is 5.92 Å². The number of aryl methyl sites for hydroxylation is 2. The van der Waals surface area contributed by atoms with E-state index in [-0.39, 0.29) is 5.92 Å². The molecular formula is C50H36. The number of hydrogen-bond donors (Lipinski definition) is 0. The third-order valence-corrected chi connectivity index (χ3v) is 12.1. The van der Waals surface area contributed by atoms with Crippen molar-refractivity contribution in [2.75, 3.05) is 0 Å². The number of allylic oxidation sites excluding steroid dienone is 5. The highest BCUT2D eigenvalue weighted by atomic mass is 14.5. The molecule has 0 saturated heterocycles. The van der Waals surface area contributed by atoms with Gasteiger partial charge in [-0.1, -0.05) is 140 Å². The predicted octanol–water partition coefficient (Wildman–Crippen LogP) is 11.3. The van der Waals surface area contributed by atoms with Crippen LogP contribution in [0.1, 0.15) is 57.7 Å². The van der Waals surface area contributed by atoms with Gasteiger partial charge in [0.2, 0.25) is 0 Å². The van der Waals surface area contributed by atoms with E-state index >= 15 is 0 Å². The molecule has 0 amide bonds. The van der Waals surface area contributed by atoms with Crippen LogP contribution in [0.25, 0.3) is 73.4 Å². The maximum Gasteiger partial charge on any atom is 0.0206 e. The highest BCUT2D eigenvalue weighted by Gasteiger charge is 2.44. The smallest absolute Gasteiger partial charge is 0.0206 e. The van der Waals surface area contributed by atoms with Gasteiger partial charge in [0.05, 0.1) is 0 Å². The number of fused-ring (bicyclic) bond motifs is 8. The zero-order valence-corrected chi connectivity index (χ0v) is 28.4. The summed E-state index contributed by atoms with van der Waals surface area (Å²) in [4.78, 5) is 0. The molecule has 2 unspecified atom stereocenters. The predicted molar refractivity (Wildman–Crippen MR) is 211 cm³/mol. The Bertz CT molecular complexity index is 2680. The molecule has 5 aliphatic rings. The largest absolute Gasteiger partial charge is 0.0760 e. The summed E-state index contributed by atoms with van der Waals surface area (Å²) in [5.41, 5.74) is 25.3. The minimum Gasteiger partial charge on any atom is -0.0760 e. The van der Waals surface area contributed by atoms with E-state index in [9.17, 15) is 0 Å². The summed E-state index contributed by atoms with van der Waals surface area (Å²) in [5, 5.41) is 2.88. The second-order valence-corrected chi connectivity index (χ2v) is 14.7. The summed E-state index contributed by atoms with van der Waals surface area (Å²) in [6.07, 6.45) is 14.4. The maximum absolute atomic E-state index is 2.60. The van der Waals surface area contributed by atoms with E-state index in [1.165, 1.54) is 111 Å². The van der Waals surface area contributed by atoms with Crippen LogP contribution in [0.2, 0.25) is 0 Å². The summed E-state index contributed by atoms with van der Waals surface area (Å²) in [7, 11) is 0. The van der Waals surface area contributed by atoms with Gasteiger partial charge in [0.1, 0.15) is 0 Å². The minimum atomic E-state index is 0.254. The Morgan fingerprint density at radius 3 is 1.94 bits per heavy atom. The normalized spacial score (nSPS) is 18.3. The average molecular weight is 637 g/mol. The molecular weight excluding hydrogens is 601 g/mol. The second-order valence-electron chi connectivity index (χ2n) is 14.7. The summed E-state index contributed by atoms with van der Waals surface area (Å²) >= 11 is 0. The number of rotatable bonds is 3. The van der Waals surface area contributed by atoms with Gasteiger partial charge in [-0.25, -0.2) is 0 Å². The second kappa shape index (κ2) is 10.4. The van der Waals surface area contributed by atoms with Gasteiger partial charge in [0.25, 0.3) is 0 Å². The fraction of sp³-hybridized carbons (Fsp3) is 0.120. The fourth-order valence-electron chi connectivity index (χ4n) is 10.3. The van der Waals surface area contributed by atoms with Crippen LogP contribution in [-0.2, 0) is 0 Å². The van der Waals surface area contributed by atoms with E-state index < -0.39 is 0 Å². The lowest BCUT2D eigenvalue weighted by Gasteiger charge is -2.36. The van der Waals surface area contributed by atoms with Gasteiger partial charge in [-0.15, -0.1) is 0 Å². The molecule has 6 aromatic rings. The van der Waals surface area contributed by atoms with Crippen molar-refractivity contribution >= 4 is 28.9 Å². The van der Waals surface area contributed by atoms with Crippen molar-refractivity contribution in [3.05, 3.63) is 183 Å². The Morgan fingerprint density at radius 1 is 0.540 bits per heavy atom. The van der Waals surface area contributed by atoms with Crippen LogP contribution in [0, 0.1) is 19.8 Å². The van der Waals surface area contributed by atoms with Crippen LogP contribution in [-0.4, -0.2) is 0 Å². The Labute approximate surface area is 293 Å². The quantitative estimate of drug-likeness (QED) is 0.181. The summed E-state index contributed by atoms with van der Waals surface area (Å²) in [6.45, 7) is 4.53. The average Bonchev–Trinajstić information content (AvgIpc) is 3.66. The van der Waals surface area contributed by atoms with Gasteiger partial charge in [0, 0.05) is 11.8 Å². The van der Waals surface area contributed by atoms with Crippen molar-refractivity contribution in [3.63, 3.8) is 0 Å². The van der Waals surface area contributed by atoms with Crippen LogP contribution < -0.4 is 10.4 Å². The molecule has 50 heavy (non-hydrogen) atoms. The van der Waals surface area contributed by atoms with Crippen LogP contribution in [0.15, 0.2) is 133 Å². The molecule has 0 spiro atoms. The van der Waals surface area contributed by atoms with Gasteiger partial charge >= 0.3 is 0 Å². The molecule has 0 N–H and O–H groups in total. The van der Waals surface area contributed by atoms with E-state index in [0.717, 1.165) is 12.8 Å². The first kappa shape index (κ1) is 28.2. The number of benzene rings is 6. The standard InChI is InChI=1S/C50H36/c1-29-14-11-15-30(2)43(29)37-26-27-40-46-36(37)23-13-25-39(46)50-45(32-18-7-4-8-19-32)48-38-24-12-22-35-33-20-9-10-21-34(33)41(47(35)38)28-42(48)44(49(40)50)31-16-5-3-6-17-31/h3-12,14-24,26-28,38,47H,13,25H2,1-2H3. The van der Waals surface area contributed by atoms with Crippen molar-refractivity contribution in [2.24, 2.45) is 5.92 Å². The van der Waals surface area contributed by atoms with Crippen LogP contribution in [0.3, 0.4) is 0 Å². The lowest BCUT2D eigenvalue weighted by atomic mass is 9.66. The molecule has 0 nitrogen and oxygen atoms in total. The SMILES string of the molecule is Cc1cccc(C)c1-c1ccc2c3c1=CCCC=3c1c-2c(-c2ccccc2)c2c(c1-c1ccccc1)C1C=CC=C3c4ccccc4C(=C2)C31. The summed E-state index contributed by atoms with van der Waals surface area (Å²) in [6, 6.07) is 43.3. The first-order valence-electron chi connectivity index (χ1n) is 18.2. The molecule has 2 atom stereocenters. The first-order valence-corrected chi connectivity index (χ1v) is 18.2. The lowest BCUT2D eigenvalue weighted by molar-refractivity contribution is 0.740. The molecule has 0 bridgehead atoms. The third kappa shape index (κ3) is 3.66. The molecule has 0 saturated carbocycles. The molecule has 236 valence electrons. The van der Waals surface area contributed by atoms with Gasteiger partial charge in [-0.3, -0.25) is 0 Å². The number of hydrogen-bond acceptors (Lipinski definition) is 0. The first-order chi connectivity index (χ1) is 24.7. The zero-order chi connectivity index (χ0) is 33.1. The molecule has 0 fully saturated rings. The Balaban J connectivity index is 1.33. The van der Waals surface area contributed by atoms with Crippen molar-refractivity contribution < 1.29 is 0 Å². The van der Waals surface area contributed by atoms with Crippen LogP contribution >= 0.6 is 0 Å². The van der Waals surface area contributed by atoms with Gasteiger partial charge in [-0.2, -0.15) is 0 Å². The lowest BCUT2D eigenvalue weighted by Crippen LogP contribution is -2.31. The Hall–Kier alpha value is -5.72. The minimum absolute atomic E-state index is 0.254. The van der Waals surface area contributed by atoms with Crippen molar-refractivity contribution in [1.29, 1.82) is 0 Å². The molecule has 0 heteroatoms. The van der Waals surface area contributed by atoms with Crippen LogP contribution in [0.5, 0.6) is 0 Å². The summed E-state index contributed by atoms with van der Waals surface area (Å²) in [5.74, 6) is 0.582. The van der Waals surface area contributed by atoms with E-state index in [4.69, 9.17) is 0 Å². The molecule has 5 aliphatic carbocycles. The third-order valence-electron chi connectivity index (χ3n) is 12.1. The molecule has 6 aromatic carbocycles. The monoisotopic (exact) mass is 636 g/mol. The van der Waals surface area contributed by atoms with Crippen molar-refractivity contribution in [3.8, 4) is 44.5 Å². The molecule has 11 rings (SSSR count). The zero-order valence-electron chi connectivity index (χ0n) is 28.4. The van der Waals surface area contributed by atoms with Gasteiger partial charge in [-0.05, 0) is 143 Å². The van der Waals surface area contributed by atoms with E-state index in [1.54, 1.807) is 0 Å². The Kier molecular flexibility index (Phi) is 5.85. The van der Waals surface area contributed by atoms with Gasteiger partial charge in [0.15, 0.2) is 0 Å². The molecule has 0 heterocycles. The maximum atomic E-state index is 2.60. The van der Waals surface area contributed by atoms with E-state index in [2.05, 4.69) is 159 Å². The van der Waals surface area contributed by atoms with Crippen molar-refractivity contribution in [2.45, 2.75) is 32.6 Å². The highest BCUT2D eigenvalue weighted by Crippen LogP contribution is 2.62. The fourth-order valence-corrected chi connectivity index (χ4v) is 10.3. The van der Waals surface area contributed by atoms with Crippen LogP contribution in [0.4, 0.5) is 0 Å². The van der Waals surface area contributed by atoms with Gasteiger partial charge < -0.3 is 0 Å². The Morgan fingerprint density at radius 2 is 1.20 bits per heavy atom.